The van der Waals surface area contributed by atoms with Crippen molar-refractivity contribution < 1.29 is 9.53 Å². The zero-order chi connectivity index (χ0) is 14.2. The Morgan fingerprint density at radius 3 is 2.85 bits per heavy atom. The highest BCUT2D eigenvalue weighted by Gasteiger charge is 2.26. The molecule has 1 amide bonds. The minimum absolute atomic E-state index is 0.228. The lowest BCUT2D eigenvalue weighted by Crippen LogP contribution is -2.42. The van der Waals surface area contributed by atoms with Gasteiger partial charge in [0.25, 0.3) is 0 Å². The zero-order valence-electron chi connectivity index (χ0n) is 12.2. The molecule has 1 unspecified atom stereocenters. The van der Waals surface area contributed by atoms with E-state index in [2.05, 4.69) is 17.4 Å². The van der Waals surface area contributed by atoms with Crippen LogP contribution in [-0.4, -0.2) is 50.2 Å². The third-order valence-electron chi connectivity index (χ3n) is 3.74. The van der Waals surface area contributed by atoms with Gasteiger partial charge in [-0.25, -0.2) is 0 Å². The van der Waals surface area contributed by atoms with Crippen LogP contribution >= 0.6 is 0 Å². The zero-order valence-corrected chi connectivity index (χ0v) is 12.2. The van der Waals surface area contributed by atoms with Crippen molar-refractivity contribution in [2.24, 2.45) is 0 Å². The summed E-state index contributed by atoms with van der Waals surface area (Å²) < 4.78 is 5.44. The molecule has 0 aromatic heterocycles. The molecule has 1 atom stereocenters. The smallest absolute Gasteiger partial charge is 0.224 e. The van der Waals surface area contributed by atoms with Gasteiger partial charge in [-0.1, -0.05) is 30.3 Å². The maximum absolute atomic E-state index is 12.3. The molecule has 0 saturated carbocycles. The molecular formula is C16H24N2O2. The largest absolute Gasteiger partial charge is 0.379 e. The standard InChI is InChI=1S/C16H24N2O2/c1-17-10-7-16(19)18(15-9-12-20-13-15)11-8-14-5-3-2-4-6-14/h2-6,15,17H,7-13H2,1H3. The van der Waals surface area contributed by atoms with Gasteiger partial charge in [0, 0.05) is 26.1 Å². The normalized spacial score (nSPS) is 18.1. The summed E-state index contributed by atoms with van der Waals surface area (Å²) in [6.45, 7) is 2.96. The van der Waals surface area contributed by atoms with E-state index in [0.29, 0.717) is 13.0 Å². The Kier molecular flexibility index (Phi) is 6.02. The van der Waals surface area contributed by atoms with E-state index in [-0.39, 0.29) is 11.9 Å². The third-order valence-corrected chi connectivity index (χ3v) is 3.74. The maximum atomic E-state index is 12.3. The molecule has 20 heavy (non-hydrogen) atoms. The molecule has 1 aromatic rings. The molecule has 4 heteroatoms. The van der Waals surface area contributed by atoms with Gasteiger partial charge >= 0.3 is 0 Å². The first kappa shape index (κ1) is 15.0. The van der Waals surface area contributed by atoms with Crippen LogP contribution in [0.25, 0.3) is 0 Å². The van der Waals surface area contributed by atoms with E-state index < -0.39 is 0 Å². The highest BCUT2D eigenvalue weighted by Crippen LogP contribution is 2.15. The molecule has 0 aliphatic carbocycles. The fourth-order valence-electron chi connectivity index (χ4n) is 2.55. The van der Waals surface area contributed by atoms with Gasteiger partial charge in [0.1, 0.15) is 0 Å². The van der Waals surface area contributed by atoms with E-state index in [0.717, 1.165) is 32.5 Å². The molecule has 0 spiro atoms. The number of nitrogens with zero attached hydrogens (tertiary/aromatic N) is 1. The van der Waals surface area contributed by atoms with Crippen LogP contribution in [0.4, 0.5) is 0 Å². The van der Waals surface area contributed by atoms with Crippen molar-refractivity contribution in [3.63, 3.8) is 0 Å². The number of rotatable bonds is 7. The number of ether oxygens (including phenoxy) is 1. The second-order valence-corrected chi connectivity index (χ2v) is 5.19. The van der Waals surface area contributed by atoms with Crippen LogP contribution in [0.5, 0.6) is 0 Å². The van der Waals surface area contributed by atoms with Crippen molar-refractivity contribution in [3.05, 3.63) is 35.9 Å². The predicted molar refractivity (Wildman–Crippen MR) is 79.6 cm³/mol. The van der Waals surface area contributed by atoms with Gasteiger partial charge in [0.15, 0.2) is 0 Å². The summed E-state index contributed by atoms with van der Waals surface area (Å²) in [5.41, 5.74) is 1.28. The summed E-state index contributed by atoms with van der Waals surface area (Å²) in [6.07, 6.45) is 2.42. The lowest BCUT2D eigenvalue weighted by molar-refractivity contribution is -0.133. The molecule has 110 valence electrons. The molecule has 1 aliphatic rings. The molecule has 0 radical (unpaired) electrons. The molecular weight excluding hydrogens is 252 g/mol. The first-order valence-electron chi connectivity index (χ1n) is 7.37. The number of benzene rings is 1. The SMILES string of the molecule is CNCCC(=O)N(CCc1ccccc1)C1CCOC1. The topological polar surface area (TPSA) is 41.6 Å². The van der Waals surface area contributed by atoms with E-state index in [4.69, 9.17) is 4.74 Å². The average molecular weight is 276 g/mol. The van der Waals surface area contributed by atoms with Gasteiger partial charge < -0.3 is 15.0 Å². The van der Waals surface area contributed by atoms with E-state index in [1.807, 2.05) is 30.1 Å². The average Bonchev–Trinajstić information content (AvgIpc) is 3.00. The summed E-state index contributed by atoms with van der Waals surface area (Å²) >= 11 is 0. The highest BCUT2D eigenvalue weighted by molar-refractivity contribution is 5.76. The molecule has 2 rings (SSSR count). The summed E-state index contributed by atoms with van der Waals surface area (Å²) in [6, 6.07) is 10.6. The lowest BCUT2D eigenvalue weighted by Gasteiger charge is -2.28. The van der Waals surface area contributed by atoms with Crippen molar-refractivity contribution in [3.8, 4) is 0 Å². The Labute approximate surface area is 121 Å². The van der Waals surface area contributed by atoms with Crippen molar-refractivity contribution in [1.82, 2.24) is 10.2 Å². The highest BCUT2D eigenvalue weighted by atomic mass is 16.5. The summed E-state index contributed by atoms with van der Waals surface area (Å²) in [5.74, 6) is 0.228. The van der Waals surface area contributed by atoms with Crippen LogP contribution in [0.1, 0.15) is 18.4 Å². The minimum atomic E-state index is 0.228. The van der Waals surface area contributed by atoms with E-state index >= 15 is 0 Å². The molecule has 4 nitrogen and oxygen atoms in total. The molecule has 1 N–H and O–H groups in total. The van der Waals surface area contributed by atoms with Crippen molar-refractivity contribution >= 4 is 5.91 Å². The van der Waals surface area contributed by atoms with Gasteiger partial charge in [-0.15, -0.1) is 0 Å². The molecule has 1 heterocycles. The Balaban J connectivity index is 1.93. The number of hydrogen-bond acceptors (Lipinski definition) is 3. The summed E-state index contributed by atoms with van der Waals surface area (Å²) in [5, 5.41) is 3.04. The number of carbonyl (C=O) groups is 1. The molecule has 1 saturated heterocycles. The van der Waals surface area contributed by atoms with E-state index in [1.165, 1.54) is 5.56 Å². The van der Waals surface area contributed by atoms with Crippen LogP contribution in [0.15, 0.2) is 30.3 Å². The first-order valence-corrected chi connectivity index (χ1v) is 7.37. The Bertz CT molecular complexity index is 402. The summed E-state index contributed by atoms with van der Waals surface area (Å²) in [4.78, 5) is 14.4. The Morgan fingerprint density at radius 1 is 1.40 bits per heavy atom. The maximum Gasteiger partial charge on any atom is 0.224 e. The van der Waals surface area contributed by atoms with Gasteiger partial charge in [0.05, 0.1) is 12.6 Å². The lowest BCUT2D eigenvalue weighted by atomic mass is 10.1. The van der Waals surface area contributed by atoms with Crippen LogP contribution in [0, 0.1) is 0 Å². The van der Waals surface area contributed by atoms with Crippen LogP contribution in [0.2, 0.25) is 0 Å². The summed E-state index contributed by atoms with van der Waals surface area (Å²) in [7, 11) is 1.88. The van der Waals surface area contributed by atoms with Gasteiger partial charge in [-0.05, 0) is 25.5 Å². The van der Waals surface area contributed by atoms with Crippen LogP contribution in [0.3, 0.4) is 0 Å². The molecule has 1 fully saturated rings. The second kappa shape index (κ2) is 8.02. The third kappa shape index (κ3) is 4.32. The quantitative estimate of drug-likeness (QED) is 0.819. The van der Waals surface area contributed by atoms with Crippen LogP contribution in [-0.2, 0) is 16.0 Å². The van der Waals surface area contributed by atoms with E-state index in [1.54, 1.807) is 0 Å². The molecule has 1 aliphatic heterocycles. The van der Waals surface area contributed by atoms with Gasteiger partial charge in [0.2, 0.25) is 5.91 Å². The number of carbonyl (C=O) groups excluding carboxylic acids is 1. The van der Waals surface area contributed by atoms with Crippen LogP contribution < -0.4 is 5.32 Å². The Hall–Kier alpha value is -1.39. The van der Waals surface area contributed by atoms with Crippen molar-refractivity contribution in [2.45, 2.75) is 25.3 Å². The number of amides is 1. The Morgan fingerprint density at radius 2 is 2.20 bits per heavy atom. The molecule has 0 bridgehead atoms. The van der Waals surface area contributed by atoms with Crippen molar-refractivity contribution in [1.29, 1.82) is 0 Å². The number of hydrogen-bond donors (Lipinski definition) is 1. The minimum Gasteiger partial charge on any atom is -0.379 e. The number of nitrogens with one attached hydrogen (secondary N) is 1. The predicted octanol–water partition coefficient (Wildman–Crippen LogP) is 1.46. The van der Waals surface area contributed by atoms with Crippen molar-refractivity contribution in [2.75, 3.05) is 33.4 Å². The second-order valence-electron chi connectivity index (χ2n) is 5.19. The fourth-order valence-corrected chi connectivity index (χ4v) is 2.55. The van der Waals surface area contributed by atoms with Gasteiger partial charge in [-0.3, -0.25) is 4.79 Å². The first-order chi connectivity index (χ1) is 9.81. The van der Waals surface area contributed by atoms with Gasteiger partial charge in [-0.2, -0.15) is 0 Å². The molecule has 1 aromatic carbocycles. The fraction of sp³-hybridized carbons (Fsp3) is 0.562. The monoisotopic (exact) mass is 276 g/mol. The van der Waals surface area contributed by atoms with E-state index in [9.17, 15) is 4.79 Å².